The van der Waals surface area contributed by atoms with E-state index in [1.165, 1.54) is 16.7 Å². The number of guanidine groups is 1. The van der Waals surface area contributed by atoms with Crippen LogP contribution in [-0.2, 0) is 0 Å². The second kappa shape index (κ2) is 3.33. The zero-order chi connectivity index (χ0) is 10.1. The van der Waals surface area contributed by atoms with E-state index in [0.29, 0.717) is 5.96 Å². The van der Waals surface area contributed by atoms with Gasteiger partial charge in [0, 0.05) is 0 Å². The van der Waals surface area contributed by atoms with Crippen LogP contribution in [0.5, 0.6) is 0 Å². The summed E-state index contributed by atoms with van der Waals surface area (Å²) in [6, 6.07) is 6.72. The van der Waals surface area contributed by atoms with Crippen LogP contribution in [0.4, 0.5) is 0 Å². The Labute approximate surface area is 84.0 Å². The first-order valence-corrected chi connectivity index (χ1v) is 4.80. The van der Waals surface area contributed by atoms with E-state index < -0.39 is 0 Å². The third-order valence-electron chi connectivity index (χ3n) is 2.58. The molecule has 1 aliphatic rings. The number of nitrogens with two attached hydrogens (primary N) is 1. The molecule has 14 heavy (non-hydrogen) atoms. The lowest BCUT2D eigenvalue weighted by atomic mass is 9.99. The van der Waals surface area contributed by atoms with Crippen LogP contribution in [0.2, 0.25) is 0 Å². The monoisotopic (exact) mass is 189 g/mol. The quantitative estimate of drug-likeness (QED) is 0.698. The summed E-state index contributed by atoms with van der Waals surface area (Å²) in [6.07, 6.45) is 0. The average Bonchev–Trinajstić information content (AvgIpc) is 2.56. The van der Waals surface area contributed by atoms with Crippen molar-refractivity contribution in [1.82, 2.24) is 5.32 Å². The summed E-state index contributed by atoms with van der Waals surface area (Å²) in [6.45, 7) is 4.96. The molecule has 1 atom stereocenters. The number of nitrogens with zero attached hydrogens (tertiary/aromatic N) is 1. The minimum absolute atomic E-state index is 0.259. The maximum Gasteiger partial charge on any atom is 0.189 e. The van der Waals surface area contributed by atoms with Crippen LogP contribution in [0.25, 0.3) is 0 Å². The molecule has 1 heterocycles. The van der Waals surface area contributed by atoms with Crippen LogP contribution < -0.4 is 11.1 Å². The average molecular weight is 189 g/mol. The Morgan fingerprint density at radius 2 is 2.21 bits per heavy atom. The van der Waals surface area contributed by atoms with Crippen molar-refractivity contribution in [3.05, 3.63) is 34.9 Å². The second-order valence-electron chi connectivity index (χ2n) is 3.78. The molecule has 0 bridgehead atoms. The molecule has 0 radical (unpaired) electrons. The third-order valence-corrected chi connectivity index (χ3v) is 2.58. The molecule has 1 aliphatic heterocycles. The zero-order valence-electron chi connectivity index (χ0n) is 8.54. The number of benzene rings is 1. The molecule has 3 N–H and O–H groups in total. The smallest absolute Gasteiger partial charge is 0.189 e. The largest absolute Gasteiger partial charge is 0.370 e. The molecular formula is C11H15N3. The summed E-state index contributed by atoms with van der Waals surface area (Å²) in [7, 11) is 0. The Morgan fingerprint density at radius 1 is 1.43 bits per heavy atom. The summed E-state index contributed by atoms with van der Waals surface area (Å²) in [5.41, 5.74) is 9.46. The minimum Gasteiger partial charge on any atom is -0.370 e. The fourth-order valence-electron chi connectivity index (χ4n) is 1.77. The van der Waals surface area contributed by atoms with Crippen LogP contribution >= 0.6 is 0 Å². The summed E-state index contributed by atoms with van der Waals surface area (Å²) in [4.78, 5) is 4.15. The molecule has 0 aromatic heterocycles. The third kappa shape index (κ3) is 1.58. The number of rotatable bonds is 1. The van der Waals surface area contributed by atoms with Gasteiger partial charge in [-0.2, -0.15) is 0 Å². The van der Waals surface area contributed by atoms with Crippen molar-refractivity contribution in [2.45, 2.75) is 19.9 Å². The summed E-state index contributed by atoms with van der Waals surface area (Å²) in [5.74, 6) is 0.552. The molecule has 3 nitrogen and oxygen atoms in total. The van der Waals surface area contributed by atoms with Gasteiger partial charge in [0.15, 0.2) is 5.96 Å². The Morgan fingerprint density at radius 3 is 2.86 bits per heavy atom. The van der Waals surface area contributed by atoms with Crippen LogP contribution in [-0.4, -0.2) is 12.5 Å². The topological polar surface area (TPSA) is 50.4 Å². The van der Waals surface area contributed by atoms with E-state index in [1.54, 1.807) is 0 Å². The summed E-state index contributed by atoms with van der Waals surface area (Å²) in [5, 5.41) is 3.17. The van der Waals surface area contributed by atoms with Crippen LogP contribution in [0.15, 0.2) is 23.2 Å². The fraction of sp³-hybridized carbons (Fsp3) is 0.364. The molecule has 1 aromatic rings. The number of aryl methyl sites for hydroxylation is 2. The molecular weight excluding hydrogens is 174 g/mol. The molecule has 0 spiro atoms. The molecule has 0 saturated heterocycles. The van der Waals surface area contributed by atoms with E-state index in [2.05, 4.69) is 42.4 Å². The minimum atomic E-state index is 0.259. The maximum atomic E-state index is 5.59. The van der Waals surface area contributed by atoms with Crippen molar-refractivity contribution in [2.24, 2.45) is 10.7 Å². The van der Waals surface area contributed by atoms with Crippen molar-refractivity contribution in [3.8, 4) is 0 Å². The predicted octanol–water partition coefficient (Wildman–Crippen LogP) is 1.26. The molecule has 0 saturated carbocycles. The highest BCUT2D eigenvalue weighted by molar-refractivity contribution is 5.80. The normalized spacial score (nSPS) is 20.4. The summed E-state index contributed by atoms with van der Waals surface area (Å²) < 4.78 is 0. The number of hydrogen-bond acceptors (Lipinski definition) is 3. The standard InChI is InChI=1S/C11H15N3/c1-7-3-4-8(2)9(5-7)10-6-13-11(12)14-10/h3-5,10H,6H2,1-2H3,(H3,12,13,14). The molecule has 0 amide bonds. The van der Waals surface area contributed by atoms with Gasteiger partial charge in [0.1, 0.15) is 0 Å². The van der Waals surface area contributed by atoms with Gasteiger partial charge in [-0.25, -0.2) is 0 Å². The van der Waals surface area contributed by atoms with Gasteiger partial charge in [0.05, 0.1) is 12.6 Å². The van der Waals surface area contributed by atoms with Crippen molar-refractivity contribution >= 4 is 5.96 Å². The van der Waals surface area contributed by atoms with E-state index in [0.717, 1.165) is 6.54 Å². The van der Waals surface area contributed by atoms with Gasteiger partial charge in [0.25, 0.3) is 0 Å². The fourth-order valence-corrected chi connectivity index (χ4v) is 1.77. The Bertz CT molecular complexity index is 382. The molecule has 1 aromatic carbocycles. The van der Waals surface area contributed by atoms with E-state index >= 15 is 0 Å². The highest BCUT2D eigenvalue weighted by Gasteiger charge is 2.18. The lowest BCUT2D eigenvalue weighted by Gasteiger charge is -2.14. The van der Waals surface area contributed by atoms with Crippen molar-refractivity contribution < 1.29 is 0 Å². The first-order valence-electron chi connectivity index (χ1n) is 4.80. The lowest BCUT2D eigenvalue weighted by molar-refractivity contribution is 0.702. The van der Waals surface area contributed by atoms with E-state index in [1.807, 2.05) is 0 Å². The number of nitrogens with one attached hydrogen (secondary N) is 1. The van der Waals surface area contributed by atoms with Gasteiger partial charge < -0.3 is 11.1 Å². The molecule has 74 valence electrons. The molecule has 0 fully saturated rings. The van der Waals surface area contributed by atoms with Gasteiger partial charge in [-0.3, -0.25) is 4.99 Å². The van der Waals surface area contributed by atoms with Gasteiger partial charge in [-0.15, -0.1) is 0 Å². The van der Waals surface area contributed by atoms with Crippen LogP contribution in [0, 0.1) is 13.8 Å². The van der Waals surface area contributed by atoms with Crippen molar-refractivity contribution in [2.75, 3.05) is 6.54 Å². The Balaban J connectivity index is 2.28. The first kappa shape index (κ1) is 9.06. The lowest BCUT2D eigenvalue weighted by Crippen LogP contribution is -2.29. The van der Waals surface area contributed by atoms with Crippen molar-refractivity contribution in [3.63, 3.8) is 0 Å². The van der Waals surface area contributed by atoms with E-state index in [9.17, 15) is 0 Å². The SMILES string of the molecule is Cc1ccc(C)c(C2CN=C(N)N2)c1. The molecule has 3 heteroatoms. The van der Waals surface area contributed by atoms with Gasteiger partial charge in [-0.05, 0) is 25.0 Å². The maximum absolute atomic E-state index is 5.59. The van der Waals surface area contributed by atoms with Gasteiger partial charge in [-0.1, -0.05) is 23.8 Å². The zero-order valence-corrected chi connectivity index (χ0v) is 8.54. The van der Waals surface area contributed by atoms with Gasteiger partial charge >= 0.3 is 0 Å². The highest BCUT2D eigenvalue weighted by Crippen LogP contribution is 2.21. The molecule has 0 aliphatic carbocycles. The molecule has 2 rings (SSSR count). The van der Waals surface area contributed by atoms with Crippen molar-refractivity contribution in [1.29, 1.82) is 0 Å². The number of hydrogen-bond donors (Lipinski definition) is 2. The second-order valence-corrected chi connectivity index (χ2v) is 3.78. The molecule has 1 unspecified atom stereocenters. The van der Waals surface area contributed by atoms with E-state index in [-0.39, 0.29) is 6.04 Å². The number of aliphatic imine (C=N–C) groups is 1. The highest BCUT2D eigenvalue weighted by atomic mass is 15.2. The Hall–Kier alpha value is -1.51. The van der Waals surface area contributed by atoms with Crippen LogP contribution in [0.3, 0.4) is 0 Å². The Kier molecular flexibility index (Phi) is 2.15. The summed E-state index contributed by atoms with van der Waals surface area (Å²) >= 11 is 0. The van der Waals surface area contributed by atoms with Crippen LogP contribution in [0.1, 0.15) is 22.7 Å². The van der Waals surface area contributed by atoms with Gasteiger partial charge in [0.2, 0.25) is 0 Å². The first-order chi connectivity index (χ1) is 6.66. The predicted molar refractivity (Wildman–Crippen MR) is 58.3 cm³/mol. The van der Waals surface area contributed by atoms with E-state index in [4.69, 9.17) is 5.73 Å².